The maximum absolute atomic E-state index is 13.6. The number of anilines is 1. The van der Waals surface area contributed by atoms with Crippen LogP contribution in [0.25, 0.3) is 11.0 Å². The lowest BCUT2D eigenvalue weighted by molar-refractivity contribution is -0.117. The van der Waals surface area contributed by atoms with Crippen LogP contribution in [-0.2, 0) is 4.79 Å². The summed E-state index contributed by atoms with van der Waals surface area (Å²) in [7, 11) is 0. The molecule has 1 amide bonds. The van der Waals surface area contributed by atoms with Crippen LogP contribution in [0.1, 0.15) is 24.6 Å². The maximum atomic E-state index is 13.6. The third-order valence-corrected chi connectivity index (χ3v) is 5.19. The molecule has 3 aromatic rings. The minimum atomic E-state index is -0.422. The van der Waals surface area contributed by atoms with Gasteiger partial charge in [-0.25, -0.2) is 9.37 Å². The molecule has 27 heavy (non-hydrogen) atoms. The summed E-state index contributed by atoms with van der Waals surface area (Å²) in [6.07, 6.45) is 1.83. The summed E-state index contributed by atoms with van der Waals surface area (Å²) in [6.45, 7) is 1.86. The van der Waals surface area contributed by atoms with Gasteiger partial charge in [-0.1, -0.05) is 23.7 Å². The van der Waals surface area contributed by atoms with Gasteiger partial charge in [-0.05, 0) is 56.3 Å². The summed E-state index contributed by atoms with van der Waals surface area (Å²) in [6, 6.07) is 11.8. The molecule has 0 atom stereocenters. The molecule has 140 valence electrons. The van der Waals surface area contributed by atoms with Crippen LogP contribution in [0.15, 0.2) is 42.5 Å². The fourth-order valence-electron chi connectivity index (χ4n) is 3.51. The number of hydrogen-bond acceptors (Lipinski definition) is 3. The number of aromatic nitrogens is 2. The number of imidazole rings is 1. The molecule has 1 aliphatic heterocycles. The molecule has 0 aliphatic carbocycles. The van der Waals surface area contributed by atoms with Gasteiger partial charge in [0, 0.05) is 10.9 Å². The number of nitrogens with zero attached hydrogens (tertiary/aromatic N) is 2. The third-order valence-electron chi connectivity index (χ3n) is 4.95. The Hall–Kier alpha value is -2.44. The van der Waals surface area contributed by atoms with E-state index in [1.54, 1.807) is 18.2 Å². The first-order valence-electron chi connectivity index (χ1n) is 9.00. The number of piperidine rings is 1. The molecule has 0 radical (unpaired) electrons. The van der Waals surface area contributed by atoms with E-state index >= 15 is 0 Å². The number of H-pyrrole nitrogens is 1. The molecule has 2 aromatic carbocycles. The number of aromatic amines is 1. The Bertz CT molecular complexity index is 966. The van der Waals surface area contributed by atoms with Gasteiger partial charge in [-0.15, -0.1) is 0 Å². The van der Waals surface area contributed by atoms with Crippen LogP contribution in [0.3, 0.4) is 0 Å². The summed E-state index contributed by atoms with van der Waals surface area (Å²) in [4.78, 5) is 22.3. The van der Waals surface area contributed by atoms with Crippen molar-refractivity contribution < 1.29 is 9.18 Å². The molecule has 0 spiro atoms. The first-order valence-corrected chi connectivity index (χ1v) is 9.38. The fourth-order valence-corrected chi connectivity index (χ4v) is 3.69. The molecule has 0 unspecified atom stereocenters. The lowest BCUT2D eigenvalue weighted by Crippen LogP contribution is -2.39. The van der Waals surface area contributed by atoms with Crippen molar-refractivity contribution >= 4 is 34.2 Å². The number of halogens is 2. The highest BCUT2D eigenvalue weighted by Crippen LogP contribution is 2.28. The molecule has 1 saturated heterocycles. The summed E-state index contributed by atoms with van der Waals surface area (Å²) >= 11 is 6.03. The lowest BCUT2D eigenvalue weighted by atomic mass is 9.96. The predicted octanol–water partition coefficient (Wildman–Crippen LogP) is 4.17. The molecule has 0 saturated carbocycles. The van der Waals surface area contributed by atoms with Crippen molar-refractivity contribution in [3.05, 3.63) is 59.1 Å². The predicted molar refractivity (Wildman–Crippen MR) is 105 cm³/mol. The van der Waals surface area contributed by atoms with Crippen molar-refractivity contribution in [1.29, 1.82) is 0 Å². The average molecular weight is 387 g/mol. The smallest absolute Gasteiger partial charge is 0.238 e. The molecular weight excluding hydrogens is 367 g/mol. The lowest BCUT2D eigenvalue weighted by Gasteiger charge is -2.30. The Morgan fingerprint density at radius 3 is 2.81 bits per heavy atom. The van der Waals surface area contributed by atoms with Gasteiger partial charge in [0.25, 0.3) is 0 Å². The minimum absolute atomic E-state index is 0.197. The van der Waals surface area contributed by atoms with E-state index in [1.807, 2.05) is 18.2 Å². The second kappa shape index (κ2) is 7.66. The van der Waals surface area contributed by atoms with E-state index in [2.05, 4.69) is 20.2 Å². The van der Waals surface area contributed by atoms with Crippen LogP contribution in [0.4, 0.5) is 10.1 Å². The normalized spacial score (nSPS) is 15.9. The van der Waals surface area contributed by atoms with E-state index in [-0.39, 0.29) is 18.1 Å². The number of amides is 1. The molecule has 2 heterocycles. The Morgan fingerprint density at radius 2 is 2.04 bits per heavy atom. The van der Waals surface area contributed by atoms with E-state index in [0.29, 0.717) is 10.9 Å². The van der Waals surface area contributed by atoms with Crippen LogP contribution in [0.5, 0.6) is 0 Å². The van der Waals surface area contributed by atoms with Crippen LogP contribution in [0.2, 0.25) is 5.02 Å². The number of nitrogens with one attached hydrogen (secondary N) is 2. The Balaban J connectivity index is 1.33. The van der Waals surface area contributed by atoms with Crippen molar-refractivity contribution in [2.24, 2.45) is 0 Å². The third kappa shape index (κ3) is 4.12. The minimum Gasteiger partial charge on any atom is -0.342 e. The van der Waals surface area contributed by atoms with Gasteiger partial charge in [0.05, 0.1) is 23.3 Å². The number of carbonyl (C=O) groups excluding carboxylic acids is 1. The molecule has 5 nitrogen and oxygen atoms in total. The first-order chi connectivity index (χ1) is 13.1. The quantitative estimate of drug-likeness (QED) is 0.707. The molecule has 0 bridgehead atoms. The average Bonchev–Trinajstić information content (AvgIpc) is 3.07. The Labute approximate surface area is 161 Å². The molecular formula is C20H20ClFN4O. The second-order valence-corrected chi connectivity index (χ2v) is 7.30. The zero-order chi connectivity index (χ0) is 18.8. The van der Waals surface area contributed by atoms with Gasteiger partial charge in [0.15, 0.2) is 0 Å². The molecule has 1 aliphatic rings. The number of likely N-dealkylation sites (tertiary alicyclic amines) is 1. The van der Waals surface area contributed by atoms with Crippen molar-refractivity contribution in [1.82, 2.24) is 14.9 Å². The molecule has 7 heteroatoms. The molecule has 1 fully saturated rings. The maximum Gasteiger partial charge on any atom is 0.238 e. The van der Waals surface area contributed by atoms with Crippen LogP contribution >= 0.6 is 11.6 Å². The monoisotopic (exact) mass is 386 g/mol. The highest BCUT2D eigenvalue weighted by molar-refractivity contribution is 6.31. The van der Waals surface area contributed by atoms with Gasteiger partial charge >= 0.3 is 0 Å². The Morgan fingerprint density at radius 1 is 1.26 bits per heavy atom. The van der Waals surface area contributed by atoms with Crippen LogP contribution in [-0.4, -0.2) is 40.4 Å². The number of hydrogen-bond donors (Lipinski definition) is 2. The molecule has 1 aromatic heterocycles. The van der Waals surface area contributed by atoms with E-state index < -0.39 is 5.82 Å². The zero-order valence-corrected chi connectivity index (χ0v) is 15.5. The van der Waals surface area contributed by atoms with E-state index in [1.165, 1.54) is 6.07 Å². The standard InChI is InChI=1S/C20H20ClFN4O/c21-14-5-6-17-18(11-14)25-20(24-17)13-7-9-26(10-8-13)12-19(27)23-16-4-2-1-3-15(16)22/h1-6,11,13H,7-10,12H2,(H,23,27)(H,24,25). The molecule has 4 rings (SSSR count). The number of benzene rings is 2. The number of fused-ring (bicyclic) bond motifs is 1. The van der Waals surface area contributed by atoms with Crippen molar-refractivity contribution in [2.45, 2.75) is 18.8 Å². The second-order valence-electron chi connectivity index (χ2n) is 6.86. The van der Waals surface area contributed by atoms with E-state index in [4.69, 9.17) is 11.6 Å². The summed E-state index contributed by atoms with van der Waals surface area (Å²) in [5.74, 6) is 0.691. The Kier molecular flexibility index (Phi) is 5.09. The number of para-hydroxylation sites is 1. The zero-order valence-electron chi connectivity index (χ0n) is 14.7. The van der Waals surface area contributed by atoms with Crippen LogP contribution < -0.4 is 5.32 Å². The van der Waals surface area contributed by atoms with E-state index in [0.717, 1.165) is 42.8 Å². The van der Waals surface area contributed by atoms with Crippen LogP contribution in [0, 0.1) is 5.82 Å². The highest BCUT2D eigenvalue weighted by atomic mass is 35.5. The highest BCUT2D eigenvalue weighted by Gasteiger charge is 2.24. The van der Waals surface area contributed by atoms with E-state index in [9.17, 15) is 9.18 Å². The number of carbonyl (C=O) groups is 1. The van der Waals surface area contributed by atoms with Gasteiger partial charge in [0.2, 0.25) is 5.91 Å². The van der Waals surface area contributed by atoms with Crippen molar-refractivity contribution in [3.8, 4) is 0 Å². The van der Waals surface area contributed by atoms with Crippen molar-refractivity contribution in [2.75, 3.05) is 25.0 Å². The molecule has 2 N–H and O–H groups in total. The summed E-state index contributed by atoms with van der Waals surface area (Å²) < 4.78 is 13.6. The first kappa shape index (κ1) is 17.9. The van der Waals surface area contributed by atoms with Crippen molar-refractivity contribution in [3.63, 3.8) is 0 Å². The summed E-state index contributed by atoms with van der Waals surface area (Å²) in [5, 5.41) is 3.33. The number of rotatable bonds is 4. The topological polar surface area (TPSA) is 61.0 Å². The van der Waals surface area contributed by atoms with Gasteiger partial charge in [0.1, 0.15) is 11.6 Å². The SMILES string of the molecule is O=C(CN1CCC(c2nc3ccc(Cl)cc3[nH]2)CC1)Nc1ccccc1F. The summed E-state index contributed by atoms with van der Waals surface area (Å²) in [5.41, 5.74) is 2.09. The van der Waals surface area contributed by atoms with Gasteiger partial charge in [-0.3, -0.25) is 9.69 Å². The van der Waals surface area contributed by atoms with Gasteiger partial charge in [-0.2, -0.15) is 0 Å². The fraction of sp³-hybridized carbons (Fsp3) is 0.300. The van der Waals surface area contributed by atoms with Gasteiger partial charge < -0.3 is 10.3 Å². The largest absolute Gasteiger partial charge is 0.342 e.